The highest BCUT2D eigenvalue weighted by Crippen LogP contribution is 2.27. The zero-order valence-corrected chi connectivity index (χ0v) is 18.7. The van der Waals surface area contributed by atoms with Crippen LogP contribution < -0.4 is 0 Å². The van der Waals surface area contributed by atoms with Crippen LogP contribution >= 0.6 is 11.6 Å². The topological polar surface area (TPSA) is 97.4 Å². The van der Waals surface area contributed by atoms with Gasteiger partial charge >= 0.3 is 6.09 Å². The summed E-state index contributed by atoms with van der Waals surface area (Å²) in [6.07, 6.45) is 1.79. The Kier molecular flexibility index (Phi) is 6.42. The molecule has 162 valence electrons. The van der Waals surface area contributed by atoms with Crippen molar-refractivity contribution in [3.63, 3.8) is 0 Å². The van der Waals surface area contributed by atoms with Gasteiger partial charge in [0, 0.05) is 35.8 Å². The number of nitrogens with zero attached hydrogens (tertiary/aromatic N) is 4. The van der Waals surface area contributed by atoms with E-state index in [1.165, 1.54) is 0 Å². The molecule has 0 saturated heterocycles. The molecule has 0 unspecified atom stereocenters. The highest BCUT2D eigenvalue weighted by Gasteiger charge is 2.28. The second-order valence-electron chi connectivity index (χ2n) is 7.17. The normalized spacial score (nSPS) is 11.9. The molecular weight excluding hydrogens is 428 g/mol. The molecule has 0 aliphatic rings. The average molecular weight is 453 g/mol. The van der Waals surface area contributed by atoms with E-state index in [4.69, 9.17) is 11.6 Å². The molecular formula is C20H25ClN4O4S. The number of amides is 1. The number of carbonyl (C=O) groups is 1. The number of hydrogen-bond donors (Lipinski definition) is 1. The van der Waals surface area contributed by atoms with Gasteiger partial charge in [-0.2, -0.15) is 5.10 Å². The molecule has 3 rings (SSSR count). The molecule has 0 radical (unpaired) electrons. The van der Waals surface area contributed by atoms with E-state index < -0.39 is 16.1 Å². The molecule has 0 spiro atoms. The largest absolute Gasteiger partial charge is 0.464 e. The third kappa shape index (κ3) is 4.32. The molecule has 0 atom stereocenters. The molecule has 0 fully saturated rings. The summed E-state index contributed by atoms with van der Waals surface area (Å²) >= 11 is 6.09. The molecule has 0 saturated carbocycles. The third-order valence-electron chi connectivity index (χ3n) is 5.07. The first-order valence-corrected chi connectivity index (χ1v) is 11.7. The van der Waals surface area contributed by atoms with E-state index in [0.29, 0.717) is 27.9 Å². The van der Waals surface area contributed by atoms with Crippen LogP contribution in [-0.4, -0.2) is 50.6 Å². The van der Waals surface area contributed by atoms with Crippen LogP contribution in [-0.2, 0) is 23.5 Å². The molecule has 0 bridgehead atoms. The van der Waals surface area contributed by atoms with Crippen LogP contribution in [0.3, 0.4) is 0 Å². The summed E-state index contributed by atoms with van der Waals surface area (Å²) in [6, 6.07) is 7.49. The Morgan fingerprint density at radius 2 is 2.03 bits per heavy atom. The van der Waals surface area contributed by atoms with Gasteiger partial charge in [0.1, 0.15) is 5.82 Å². The summed E-state index contributed by atoms with van der Waals surface area (Å²) in [5, 5.41) is 15.4. The smallest absolute Gasteiger partial charge is 0.421 e. The minimum absolute atomic E-state index is 0.0317. The molecule has 0 aliphatic heterocycles. The van der Waals surface area contributed by atoms with Gasteiger partial charge < -0.3 is 9.67 Å². The fraction of sp³-hybridized carbons (Fsp3) is 0.400. The highest BCUT2D eigenvalue weighted by molar-refractivity contribution is 7.89. The number of aryl methyl sites for hydroxylation is 2. The lowest BCUT2D eigenvalue weighted by atomic mass is 10.2. The third-order valence-corrected chi connectivity index (χ3v) is 7.03. The van der Waals surface area contributed by atoms with Gasteiger partial charge in [0.2, 0.25) is 10.0 Å². The van der Waals surface area contributed by atoms with Crippen molar-refractivity contribution in [1.82, 2.24) is 18.7 Å². The lowest BCUT2D eigenvalue weighted by molar-refractivity contribution is 0.172. The molecule has 2 heterocycles. The summed E-state index contributed by atoms with van der Waals surface area (Å²) in [5.41, 5.74) is 2.38. The number of benzene rings is 1. The zero-order valence-electron chi connectivity index (χ0n) is 17.2. The van der Waals surface area contributed by atoms with E-state index in [0.717, 1.165) is 22.3 Å². The number of aromatic nitrogens is 3. The number of fused-ring (bicyclic) bond motifs is 1. The van der Waals surface area contributed by atoms with Gasteiger partial charge in [-0.1, -0.05) is 24.9 Å². The van der Waals surface area contributed by atoms with Gasteiger partial charge in [-0.05, 0) is 44.0 Å². The first-order chi connectivity index (χ1) is 14.2. The lowest BCUT2D eigenvalue weighted by Crippen LogP contribution is -2.38. The van der Waals surface area contributed by atoms with Crippen LogP contribution in [0.5, 0.6) is 0 Å². The van der Waals surface area contributed by atoms with Gasteiger partial charge in [0.25, 0.3) is 0 Å². The van der Waals surface area contributed by atoms with Gasteiger partial charge in [-0.15, -0.1) is 0 Å². The summed E-state index contributed by atoms with van der Waals surface area (Å²) < 4.78 is 29.6. The summed E-state index contributed by atoms with van der Waals surface area (Å²) in [7, 11) is -2.16. The van der Waals surface area contributed by atoms with Crippen LogP contribution in [0.1, 0.15) is 31.0 Å². The van der Waals surface area contributed by atoms with E-state index in [-0.39, 0.29) is 18.7 Å². The van der Waals surface area contributed by atoms with Crippen LogP contribution in [0.25, 0.3) is 16.7 Å². The van der Waals surface area contributed by atoms with Crippen molar-refractivity contribution in [2.24, 2.45) is 7.05 Å². The fourth-order valence-electron chi connectivity index (χ4n) is 3.58. The van der Waals surface area contributed by atoms with Crippen LogP contribution in [0, 0.1) is 6.92 Å². The molecule has 1 N–H and O–H groups in total. The second-order valence-corrected chi connectivity index (χ2v) is 9.62. The number of rotatable bonds is 8. The molecule has 10 heteroatoms. The molecule has 1 amide bonds. The Labute approximate surface area is 180 Å². The highest BCUT2D eigenvalue weighted by atomic mass is 35.5. The van der Waals surface area contributed by atoms with E-state index in [1.54, 1.807) is 17.8 Å². The predicted molar refractivity (Wildman–Crippen MR) is 117 cm³/mol. The van der Waals surface area contributed by atoms with E-state index in [1.807, 2.05) is 42.8 Å². The predicted octanol–water partition coefficient (Wildman–Crippen LogP) is 3.98. The minimum Gasteiger partial charge on any atom is -0.464 e. The van der Waals surface area contributed by atoms with Crippen molar-refractivity contribution in [3.05, 3.63) is 46.7 Å². The van der Waals surface area contributed by atoms with E-state index in [9.17, 15) is 18.3 Å². The van der Waals surface area contributed by atoms with Gasteiger partial charge in [0.05, 0.1) is 17.0 Å². The number of hydrogen-bond acceptors (Lipinski definition) is 4. The monoisotopic (exact) mass is 452 g/mol. The Morgan fingerprint density at radius 1 is 1.30 bits per heavy atom. The minimum atomic E-state index is -3.96. The number of halogens is 1. The zero-order chi connectivity index (χ0) is 22.1. The first kappa shape index (κ1) is 22.2. The Hall–Kier alpha value is -2.52. The van der Waals surface area contributed by atoms with Crippen molar-refractivity contribution in [2.45, 2.75) is 33.1 Å². The van der Waals surface area contributed by atoms with E-state index >= 15 is 0 Å². The van der Waals surface area contributed by atoms with E-state index in [2.05, 4.69) is 5.10 Å². The number of sulfonamides is 1. The van der Waals surface area contributed by atoms with Crippen LogP contribution in [0.15, 0.2) is 30.5 Å². The summed E-state index contributed by atoms with van der Waals surface area (Å²) in [5.74, 6) is 0.434. The maximum atomic E-state index is 12.7. The maximum absolute atomic E-state index is 12.7. The first-order valence-electron chi connectivity index (χ1n) is 9.68. The Balaban J connectivity index is 1.95. The summed E-state index contributed by atoms with van der Waals surface area (Å²) in [4.78, 5) is 11.5. The maximum Gasteiger partial charge on any atom is 0.421 e. The fourth-order valence-corrected chi connectivity index (χ4v) is 5.09. The van der Waals surface area contributed by atoms with Gasteiger partial charge in [-0.3, -0.25) is 4.68 Å². The molecule has 0 aliphatic carbocycles. The molecule has 30 heavy (non-hydrogen) atoms. The number of unbranched alkanes of at least 4 members (excludes halogenated alkanes) is 1. The number of carboxylic acid groups (broad SMARTS) is 1. The second kappa shape index (κ2) is 8.69. The molecule has 1 aromatic carbocycles. The molecule has 8 nitrogen and oxygen atoms in total. The van der Waals surface area contributed by atoms with Crippen molar-refractivity contribution < 1.29 is 18.3 Å². The molecule has 2 aromatic heterocycles. The van der Waals surface area contributed by atoms with Crippen molar-refractivity contribution in [1.29, 1.82) is 0 Å². The van der Waals surface area contributed by atoms with Crippen molar-refractivity contribution in [2.75, 3.05) is 12.3 Å². The standard InChI is InChI=1S/C20H25ClN4O4S/c1-4-5-10-25(20(26)27)30(28,29)12-9-17-14(2)22-23(3)19(17)24-11-8-15-13-16(21)6-7-18(15)24/h6-8,11,13H,4-5,9-10,12H2,1-3H3,(H,26,27). The Bertz CT molecular complexity index is 1180. The lowest BCUT2D eigenvalue weighted by Gasteiger charge is -2.19. The van der Waals surface area contributed by atoms with Crippen LogP contribution in [0.2, 0.25) is 5.02 Å². The summed E-state index contributed by atoms with van der Waals surface area (Å²) in [6.45, 7) is 3.67. The van der Waals surface area contributed by atoms with Crippen LogP contribution in [0.4, 0.5) is 4.79 Å². The van der Waals surface area contributed by atoms with Crippen molar-refractivity contribution in [3.8, 4) is 5.82 Å². The van der Waals surface area contributed by atoms with Crippen molar-refractivity contribution >= 4 is 38.6 Å². The Morgan fingerprint density at radius 3 is 2.70 bits per heavy atom. The SMILES string of the molecule is CCCCN(C(=O)O)S(=O)(=O)CCc1c(C)nn(C)c1-n1ccc2cc(Cl)ccc21. The van der Waals surface area contributed by atoms with Gasteiger partial charge in [-0.25, -0.2) is 17.5 Å². The quantitative estimate of drug-likeness (QED) is 0.557. The molecule has 3 aromatic rings. The average Bonchev–Trinajstić information content (AvgIpc) is 3.18. The van der Waals surface area contributed by atoms with Gasteiger partial charge in [0.15, 0.2) is 0 Å².